The minimum atomic E-state index is 0.633. The second-order valence-corrected chi connectivity index (χ2v) is 5.31. The van der Waals surface area contributed by atoms with Gasteiger partial charge in [0.25, 0.3) is 0 Å². The number of rotatable bonds is 5. The fraction of sp³-hybridized carbons (Fsp3) is 0.714. The van der Waals surface area contributed by atoms with Crippen molar-refractivity contribution in [1.82, 2.24) is 19.7 Å². The van der Waals surface area contributed by atoms with E-state index in [-0.39, 0.29) is 0 Å². The summed E-state index contributed by atoms with van der Waals surface area (Å²) in [6.07, 6.45) is 2.15. The Kier molecular flexibility index (Phi) is 4.80. The molecule has 1 aliphatic heterocycles. The Morgan fingerprint density at radius 3 is 2.94 bits per heavy atom. The molecule has 1 unspecified atom stereocenters. The Hall–Kier alpha value is -0.840. The number of piperazine rings is 1. The first-order valence-corrected chi connectivity index (χ1v) is 6.94. The maximum absolute atomic E-state index is 3.59. The highest BCUT2D eigenvalue weighted by Gasteiger charge is 2.21. The SMILES string of the molecule is CCn1cccc1CNCC1CN(C)CCN1C. The van der Waals surface area contributed by atoms with Crippen LogP contribution in [0.25, 0.3) is 0 Å². The molecule has 102 valence electrons. The van der Waals surface area contributed by atoms with Crippen LogP contribution in [0.3, 0.4) is 0 Å². The molecule has 1 N–H and O–H groups in total. The van der Waals surface area contributed by atoms with E-state index in [1.165, 1.54) is 18.8 Å². The van der Waals surface area contributed by atoms with Crippen molar-refractivity contribution in [2.24, 2.45) is 0 Å². The summed E-state index contributed by atoms with van der Waals surface area (Å²) >= 11 is 0. The first-order valence-electron chi connectivity index (χ1n) is 6.94. The summed E-state index contributed by atoms with van der Waals surface area (Å²) in [5, 5.41) is 3.59. The number of nitrogens with zero attached hydrogens (tertiary/aromatic N) is 3. The molecule has 2 heterocycles. The normalized spacial score (nSPS) is 22.5. The molecule has 0 aliphatic carbocycles. The van der Waals surface area contributed by atoms with Crippen LogP contribution in [0.15, 0.2) is 18.3 Å². The Labute approximate surface area is 111 Å². The van der Waals surface area contributed by atoms with Crippen molar-refractivity contribution in [1.29, 1.82) is 0 Å². The van der Waals surface area contributed by atoms with E-state index in [1.807, 2.05) is 0 Å². The summed E-state index contributed by atoms with van der Waals surface area (Å²) in [5.74, 6) is 0. The Bertz CT molecular complexity index is 360. The van der Waals surface area contributed by atoms with Crippen molar-refractivity contribution < 1.29 is 0 Å². The molecular formula is C14H26N4. The third-order valence-corrected chi connectivity index (χ3v) is 3.93. The Morgan fingerprint density at radius 1 is 1.33 bits per heavy atom. The molecule has 0 spiro atoms. The summed E-state index contributed by atoms with van der Waals surface area (Å²) in [6, 6.07) is 4.96. The molecule has 0 saturated carbocycles. The highest BCUT2D eigenvalue weighted by Crippen LogP contribution is 2.06. The standard InChI is InChI=1S/C14H26N4/c1-4-18-7-5-6-13(18)10-15-11-14-12-16(2)8-9-17(14)3/h5-7,14-15H,4,8-12H2,1-3H3. The summed E-state index contributed by atoms with van der Waals surface area (Å²) < 4.78 is 2.30. The van der Waals surface area contributed by atoms with Crippen LogP contribution in [0, 0.1) is 0 Å². The lowest BCUT2D eigenvalue weighted by atomic mass is 10.2. The highest BCUT2D eigenvalue weighted by atomic mass is 15.3. The van der Waals surface area contributed by atoms with E-state index >= 15 is 0 Å². The van der Waals surface area contributed by atoms with Gasteiger partial charge in [0, 0.05) is 57.2 Å². The third-order valence-electron chi connectivity index (χ3n) is 3.93. The van der Waals surface area contributed by atoms with Gasteiger partial charge < -0.3 is 14.8 Å². The van der Waals surface area contributed by atoms with Gasteiger partial charge in [-0.25, -0.2) is 0 Å². The molecule has 0 aromatic carbocycles. The molecule has 0 bridgehead atoms. The second kappa shape index (κ2) is 6.36. The maximum atomic E-state index is 3.59. The van der Waals surface area contributed by atoms with Gasteiger partial charge in [-0.15, -0.1) is 0 Å². The number of likely N-dealkylation sites (N-methyl/N-ethyl adjacent to an activating group) is 2. The number of hydrogen-bond donors (Lipinski definition) is 1. The van der Waals surface area contributed by atoms with Crippen molar-refractivity contribution in [2.75, 3.05) is 40.3 Å². The first-order chi connectivity index (χ1) is 8.70. The molecule has 1 aliphatic rings. The van der Waals surface area contributed by atoms with Gasteiger partial charge in [0.2, 0.25) is 0 Å². The van der Waals surface area contributed by atoms with Crippen molar-refractivity contribution in [3.8, 4) is 0 Å². The van der Waals surface area contributed by atoms with Crippen LogP contribution in [0.2, 0.25) is 0 Å². The van der Waals surface area contributed by atoms with Gasteiger partial charge in [0.05, 0.1) is 0 Å². The molecule has 1 aromatic heterocycles. The number of hydrogen-bond acceptors (Lipinski definition) is 3. The molecule has 1 aromatic rings. The molecule has 0 radical (unpaired) electrons. The summed E-state index contributed by atoms with van der Waals surface area (Å²) in [4.78, 5) is 4.88. The molecule has 1 atom stereocenters. The van der Waals surface area contributed by atoms with Crippen LogP contribution < -0.4 is 5.32 Å². The lowest BCUT2D eigenvalue weighted by molar-refractivity contribution is 0.113. The van der Waals surface area contributed by atoms with Crippen LogP contribution >= 0.6 is 0 Å². The van der Waals surface area contributed by atoms with E-state index in [0.717, 1.165) is 26.2 Å². The van der Waals surface area contributed by atoms with Crippen molar-refractivity contribution in [2.45, 2.75) is 26.1 Å². The topological polar surface area (TPSA) is 23.4 Å². The highest BCUT2D eigenvalue weighted by molar-refractivity contribution is 5.06. The van der Waals surface area contributed by atoms with E-state index in [0.29, 0.717) is 6.04 Å². The predicted molar refractivity (Wildman–Crippen MR) is 75.7 cm³/mol. The smallest absolute Gasteiger partial charge is 0.0359 e. The van der Waals surface area contributed by atoms with Crippen molar-refractivity contribution >= 4 is 0 Å². The fourth-order valence-electron chi connectivity index (χ4n) is 2.61. The maximum Gasteiger partial charge on any atom is 0.0359 e. The van der Waals surface area contributed by atoms with E-state index in [2.05, 4.69) is 59.0 Å². The van der Waals surface area contributed by atoms with Gasteiger partial charge in [-0.2, -0.15) is 0 Å². The second-order valence-electron chi connectivity index (χ2n) is 5.31. The molecule has 18 heavy (non-hydrogen) atoms. The quantitative estimate of drug-likeness (QED) is 0.838. The van der Waals surface area contributed by atoms with Crippen LogP contribution in [-0.2, 0) is 13.1 Å². The average Bonchev–Trinajstić information content (AvgIpc) is 2.81. The van der Waals surface area contributed by atoms with Crippen LogP contribution in [0.5, 0.6) is 0 Å². The van der Waals surface area contributed by atoms with Gasteiger partial charge in [-0.3, -0.25) is 4.90 Å². The van der Waals surface area contributed by atoms with Crippen LogP contribution in [-0.4, -0.2) is 60.7 Å². The predicted octanol–water partition coefficient (Wildman–Crippen LogP) is 0.843. The van der Waals surface area contributed by atoms with Gasteiger partial charge in [-0.1, -0.05) is 0 Å². The molecule has 4 heteroatoms. The Balaban J connectivity index is 1.77. The average molecular weight is 250 g/mol. The van der Waals surface area contributed by atoms with Crippen LogP contribution in [0.1, 0.15) is 12.6 Å². The molecule has 0 amide bonds. The Morgan fingerprint density at radius 2 is 2.17 bits per heavy atom. The van der Waals surface area contributed by atoms with E-state index in [1.54, 1.807) is 0 Å². The number of nitrogens with one attached hydrogen (secondary N) is 1. The van der Waals surface area contributed by atoms with Crippen molar-refractivity contribution in [3.05, 3.63) is 24.0 Å². The molecule has 1 fully saturated rings. The number of aryl methyl sites for hydroxylation is 1. The van der Waals surface area contributed by atoms with E-state index in [9.17, 15) is 0 Å². The van der Waals surface area contributed by atoms with Gasteiger partial charge >= 0.3 is 0 Å². The lowest BCUT2D eigenvalue weighted by Gasteiger charge is -2.37. The lowest BCUT2D eigenvalue weighted by Crippen LogP contribution is -2.53. The minimum absolute atomic E-state index is 0.633. The van der Waals surface area contributed by atoms with E-state index in [4.69, 9.17) is 0 Å². The molecule has 1 saturated heterocycles. The van der Waals surface area contributed by atoms with Gasteiger partial charge in [-0.05, 0) is 33.2 Å². The zero-order chi connectivity index (χ0) is 13.0. The van der Waals surface area contributed by atoms with Crippen LogP contribution in [0.4, 0.5) is 0 Å². The first kappa shape index (κ1) is 13.6. The summed E-state index contributed by atoms with van der Waals surface area (Å²) in [5.41, 5.74) is 1.38. The monoisotopic (exact) mass is 250 g/mol. The zero-order valence-corrected chi connectivity index (χ0v) is 11.9. The summed E-state index contributed by atoms with van der Waals surface area (Å²) in [6.45, 7) is 8.80. The van der Waals surface area contributed by atoms with E-state index < -0.39 is 0 Å². The zero-order valence-electron chi connectivity index (χ0n) is 11.9. The largest absolute Gasteiger partial charge is 0.351 e. The molecule has 2 rings (SSSR count). The molecule has 4 nitrogen and oxygen atoms in total. The minimum Gasteiger partial charge on any atom is -0.351 e. The summed E-state index contributed by atoms with van der Waals surface area (Å²) in [7, 11) is 4.44. The molecular weight excluding hydrogens is 224 g/mol. The van der Waals surface area contributed by atoms with Gasteiger partial charge in [0.15, 0.2) is 0 Å². The third kappa shape index (κ3) is 3.34. The van der Waals surface area contributed by atoms with Gasteiger partial charge in [0.1, 0.15) is 0 Å². The van der Waals surface area contributed by atoms with Crippen molar-refractivity contribution in [3.63, 3.8) is 0 Å². The fourth-order valence-corrected chi connectivity index (χ4v) is 2.61. The number of aromatic nitrogens is 1.